The molecule has 2 saturated heterocycles. The van der Waals surface area contributed by atoms with Crippen molar-refractivity contribution in [3.63, 3.8) is 0 Å². The topological polar surface area (TPSA) is 47.6 Å². The van der Waals surface area contributed by atoms with Crippen LogP contribution in [0, 0.1) is 5.92 Å². The Morgan fingerprint density at radius 1 is 1.27 bits per heavy atom. The van der Waals surface area contributed by atoms with Crippen LogP contribution in [-0.2, 0) is 19.9 Å². The van der Waals surface area contributed by atoms with Gasteiger partial charge >= 0.3 is 5.97 Å². The maximum atomic E-state index is 11.8. The third-order valence-corrected chi connectivity index (χ3v) is 3.10. The summed E-state index contributed by atoms with van der Waals surface area (Å²) in [6.07, 6.45) is 0. The molecule has 4 nitrogen and oxygen atoms in total. The van der Waals surface area contributed by atoms with Gasteiger partial charge in [-0.25, -0.2) is 4.79 Å². The van der Waals surface area contributed by atoms with Gasteiger partial charge in [0, 0.05) is 0 Å². The van der Waals surface area contributed by atoms with Crippen LogP contribution in [0.2, 0.25) is 0 Å². The van der Waals surface area contributed by atoms with Crippen LogP contribution in [0.25, 0.3) is 0 Å². The van der Waals surface area contributed by atoms with Gasteiger partial charge in [-0.2, -0.15) is 5.48 Å². The molecular weight excluding hydrogens is 194 g/mol. The molecular formula is C11H11NO3. The Labute approximate surface area is 87.1 Å². The first-order valence-electron chi connectivity index (χ1n) is 4.96. The Balaban J connectivity index is 2.11. The number of carbonyl (C=O) groups excluding carboxylic acids is 1. The Morgan fingerprint density at radius 3 is 2.87 bits per heavy atom. The second-order valence-electron chi connectivity index (χ2n) is 3.88. The lowest BCUT2D eigenvalue weighted by atomic mass is 9.82. The molecule has 2 aliphatic rings. The maximum Gasteiger partial charge on any atom is 0.333 e. The van der Waals surface area contributed by atoms with Gasteiger partial charge in [0.2, 0.25) is 0 Å². The second kappa shape index (κ2) is 3.05. The summed E-state index contributed by atoms with van der Waals surface area (Å²) in [5.41, 5.74) is 2.96. The predicted molar refractivity (Wildman–Crippen MR) is 51.7 cm³/mol. The van der Waals surface area contributed by atoms with Crippen LogP contribution in [0.15, 0.2) is 30.3 Å². The normalized spacial score (nSPS) is 33.9. The minimum atomic E-state index is -0.777. The molecule has 78 valence electrons. The highest BCUT2D eigenvalue weighted by molar-refractivity contribution is 5.85. The second-order valence-corrected chi connectivity index (χ2v) is 3.88. The molecule has 0 saturated carbocycles. The molecule has 2 heterocycles. The van der Waals surface area contributed by atoms with Gasteiger partial charge in [-0.15, -0.1) is 0 Å². The molecule has 2 atom stereocenters. The summed E-state index contributed by atoms with van der Waals surface area (Å²) in [5.74, 6) is -0.163. The van der Waals surface area contributed by atoms with E-state index in [-0.39, 0.29) is 11.9 Å². The van der Waals surface area contributed by atoms with E-state index in [0.29, 0.717) is 13.2 Å². The van der Waals surface area contributed by atoms with Crippen LogP contribution in [0.5, 0.6) is 0 Å². The van der Waals surface area contributed by atoms with Crippen LogP contribution in [0.3, 0.4) is 0 Å². The van der Waals surface area contributed by atoms with Crippen molar-refractivity contribution in [3.05, 3.63) is 35.9 Å². The van der Waals surface area contributed by atoms with Gasteiger partial charge in [0.25, 0.3) is 0 Å². The molecule has 1 aromatic carbocycles. The van der Waals surface area contributed by atoms with E-state index in [1.807, 2.05) is 30.3 Å². The lowest BCUT2D eigenvalue weighted by Crippen LogP contribution is -2.45. The van der Waals surface area contributed by atoms with Crippen molar-refractivity contribution < 1.29 is 14.4 Å². The highest BCUT2D eigenvalue weighted by Crippen LogP contribution is 2.40. The quantitative estimate of drug-likeness (QED) is 0.682. The van der Waals surface area contributed by atoms with Crippen molar-refractivity contribution in [2.75, 3.05) is 13.2 Å². The summed E-state index contributed by atoms with van der Waals surface area (Å²) in [7, 11) is 0. The summed E-state index contributed by atoms with van der Waals surface area (Å²) in [4.78, 5) is 17.0. The first kappa shape index (κ1) is 8.88. The van der Waals surface area contributed by atoms with Crippen molar-refractivity contribution in [3.8, 4) is 0 Å². The number of hydrogen-bond donors (Lipinski definition) is 1. The van der Waals surface area contributed by atoms with Gasteiger partial charge in [0.15, 0.2) is 5.54 Å². The molecule has 0 spiro atoms. The van der Waals surface area contributed by atoms with E-state index in [4.69, 9.17) is 9.57 Å². The summed E-state index contributed by atoms with van der Waals surface area (Å²) in [6, 6.07) is 9.58. The van der Waals surface area contributed by atoms with Crippen molar-refractivity contribution in [1.29, 1.82) is 0 Å². The van der Waals surface area contributed by atoms with Gasteiger partial charge in [0.1, 0.15) is 0 Å². The number of benzene rings is 1. The molecule has 0 bridgehead atoms. The van der Waals surface area contributed by atoms with Crippen molar-refractivity contribution >= 4 is 5.97 Å². The number of cyclic esters (lactones) is 1. The molecule has 0 unspecified atom stereocenters. The third-order valence-electron chi connectivity index (χ3n) is 3.10. The summed E-state index contributed by atoms with van der Waals surface area (Å²) < 4.78 is 5.10. The molecule has 15 heavy (non-hydrogen) atoms. The van der Waals surface area contributed by atoms with E-state index >= 15 is 0 Å². The SMILES string of the molecule is O=C1OC[C@@H]2CON[C@]12c1ccccc1. The summed E-state index contributed by atoms with van der Waals surface area (Å²) in [6.45, 7) is 0.946. The third kappa shape index (κ3) is 1.06. The fourth-order valence-electron chi connectivity index (χ4n) is 2.25. The first-order valence-corrected chi connectivity index (χ1v) is 4.96. The zero-order chi connectivity index (χ0) is 10.3. The molecule has 3 rings (SSSR count). The highest BCUT2D eigenvalue weighted by atomic mass is 16.7. The number of hydroxylamine groups is 1. The molecule has 0 aliphatic carbocycles. The first-order chi connectivity index (χ1) is 7.34. The number of nitrogens with one attached hydrogen (secondary N) is 1. The Bertz CT molecular complexity index is 392. The lowest BCUT2D eigenvalue weighted by Gasteiger charge is -2.22. The van der Waals surface area contributed by atoms with Gasteiger partial charge in [0.05, 0.1) is 19.1 Å². The fourth-order valence-corrected chi connectivity index (χ4v) is 2.25. The Morgan fingerprint density at radius 2 is 2.07 bits per heavy atom. The van der Waals surface area contributed by atoms with Gasteiger partial charge in [-0.1, -0.05) is 30.3 Å². The highest BCUT2D eigenvalue weighted by Gasteiger charge is 2.57. The van der Waals surface area contributed by atoms with E-state index < -0.39 is 5.54 Å². The molecule has 2 aliphatic heterocycles. The van der Waals surface area contributed by atoms with Gasteiger partial charge in [-0.05, 0) is 5.56 Å². The smallest absolute Gasteiger partial charge is 0.333 e. The Kier molecular flexibility index (Phi) is 1.81. The van der Waals surface area contributed by atoms with E-state index in [2.05, 4.69) is 5.48 Å². The number of esters is 1. The van der Waals surface area contributed by atoms with Crippen LogP contribution in [0.4, 0.5) is 0 Å². The average Bonchev–Trinajstić information content (AvgIpc) is 2.82. The average molecular weight is 205 g/mol. The zero-order valence-electron chi connectivity index (χ0n) is 8.10. The number of hydrogen-bond acceptors (Lipinski definition) is 4. The monoisotopic (exact) mass is 205 g/mol. The van der Waals surface area contributed by atoms with E-state index in [9.17, 15) is 4.79 Å². The van der Waals surface area contributed by atoms with E-state index in [0.717, 1.165) is 5.56 Å². The zero-order valence-corrected chi connectivity index (χ0v) is 8.10. The van der Waals surface area contributed by atoms with Crippen LogP contribution >= 0.6 is 0 Å². The van der Waals surface area contributed by atoms with Crippen molar-refractivity contribution in [2.45, 2.75) is 5.54 Å². The summed E-state index contributed by atoms with van der Waals surface area (Å²) in [5, 5.41) is 0. The molecule has 4 heteroatoms. The standard InChI is InChI=1S/C11H11NO3/c13-10-11(8-4-2-1-3-5-8)9(6-14-10)7-15-12-11/h1-5,9,12H,6-7H2/t9-,11+/m1/s1. The Hall–Kier alpha value is -1.39. The summed E-state index contributed by atoms with van der Waals surface area (Å²) >= 11 is 0. The van der Waals surface area contributed by atoms with Crippen molar-refractivity contribution in [2.24, 2.45) is 5.92 Å². The number of fused-ring (bicyclic) bond motifs is 1. The van der Waals surface area contributed by atoms with Gasteiger partial charge in [-0.3, -0.25) is 4.84 Å². The molecule has 2 fully saturated rings. The van der Waals surface area contributed by atoms with Gasteiger partial charge < -0.3 is 4.74 Å². The maximum absolute atomic E-state index is 11.8. The molecule has 1 N–H and O–H groups in total. The molecule has 0 amide bonds. The van der Waals surface area contributed by atoms with Crippen molar-refractivity contribution in [1.82, 2.24) is 5.48 Å². The largest absolute Gasteiger partial charge is 0.463 e. The van der Waals surface area contributed by atoms with E-state index in [1.165, 1.54) is 0 Å². The van der Waals surface area contributed by atoms with Crippen LogP contribution < -0.4 is 5.48 Å². The fraction of sp³-hybridized carbons (Fsp3) is 0.364. The van der Waals surface area contributed by atoms with Crippen LogP contribution in [0.1, 0.15) is 5.56 Å². The molecule has 0 aromatic heterocycles. The van der Waals surface area contributed by atoms with Crippen LogP contribution in [-0.4, -0.2) is 19.2 Å². The molecule has 0 radical (unpaired) electrons. The lowest BCUT2D eigenvalue weighted by molar-refractivity contribution is -0.147. The number of carbonyl (C=O) groups is 1. The predicted octanol–water partition coefficient (Wildman–Crippen LogP) is 0.590. The molecule has 1 aromatic rings. The van der Waals surface area contributed by atoms with E-state index in [1.54, 1.807) is 0 Å². The minimum Gasteiger partial charge on any atom is -0.463 e. The number of rotatable bonds is 1. The number of ether oxygens (including phenoxy) is 1. The minimum absolute atomic E-state index is 0.0763.